The van der Waals surface area contributed by atoms with Crippen molar-refractivity contribution < 1.29 is 4.74 Å². The zero-order chi connectivity index (χ0) is 12.2. The highest BCUT2D eigenvalue weighted by Crippen LogP contribution is 2.13. The average molecular weight is 227 g/mol. The highest BCUT2D eigenvalue weighted by molar-refractivity contribution is 4.64. The van der Waals surface area contributed by atoms with Gasteiger partial charge in [-0.25, -0.2) is 0 Å². The van der Waals surface area contributed by atoms with Crippen LogP contribution in [0.15, 0.2) is 12.8 Å². The van der Waals surface area contributed by atoms with Crippen LogP contribution in [-0.4, -0.2) is 24.2 Å². The molecule has 2 nitrogen and oxygen atoms in total. The first kappa shape index (κ1) is 15.5. The summed E-state index contributed by atoms with van der Waals surface area (Å²) in [5.41, 5.74) is 0. The van der Waals surface area contributed by atoms with Gasteiger partial charge >= 0.3 is 0 Å². The fraction of sp³-hybridized carbons (Fsp3) is 0.857. The molecule has 2 heteroatoms. The molecule has 0 N–H and O–H groups in total. The van der Waals surface area contributed by atoms with Crippen molar-refractivity contribution in [2.45, 2.75) is 65.5 Å². The first-order valence-electron chi connectivity index (χ1n) is 6.80. The lowest BCUT2D eigenvalue weighted by molar-refractivity contribution is -0.00947. The molecule has 0 aromatic heterocycles. The summed E-state index contributed by atoms with van der Waals surface area (Å²) >= 11 is 0. The Morgan fingerprint density at radius 3 is 2.19 bits per heavy atom. The summed E-state index contributed by atoms with van der Waals surface area (Å²) < 4.78 is 5.58. The SMILES string of the molecule is C=COC(CCCCCCC)N(CC)CC. The second kappa shape index (κ2) is 11.0. The van der Waals surface area contributed by atoms with Gasteiger partial charge < -0.3 is 4.74 Å². The van der Waals surface area contributed by atoms with E-state index in [1.165, 1.54) is 32.1 Å². The maximum atomic E-state index is 5.58. The van der Waals surface area contributed by atoms with E-state index in [1.54, 1.807) is 6.26 Å². The maximum Gasteiger partial charge on any atom is 0.151 e. The minimum atomic E-state index is 0.231. The van der Waals surface area contributed by atoms with Gasteiger partial charge in [-0.05, 0) is 25.9 Å². The maximum absolute atomic E-state index is 5.58. The summed E-state index contributed by atoms with van der Waals surface area (Å²) in [5.74, 6) is 0. The van der Waals surface area contributed by atoms with Gasteiger partial charge in [-0.2, -0.15) is 0 Å². The normalized spacial score (nSPS) is 12.8. The smallest absolute Gasteiger partial charge is 0.151 e. The van der Waals surface area contributed by atoms with Crippen molar-refractivity contribution in [3.05, 3.63) is 12.8 Å². The Morgan fingerprint density at radius 2 is 1.69 bits per heavy atom. The van der Waals surface area contributed by atoms with Crippen LogP contribution in [0.3, 0.4) is 0 Å². The van der Waals surface area contributed by atoms with Crippen LogP contribution in [-0.2, 0) is 4.74 Å². The molecule has 0 fully saturated rings. The topological polar surface area (TPSA) is 12.5 Å². The van der Waals surface area contributed by atoms with Gasteiger partial charge in [0, 0.05) is 0 Å². The number of nitrogens with zero attached hydrogens (tertiary/aromatic N) is 1. The average Bonchev–Trinajstić information content (AvgIpc) is 2.30. The minimum Gasteiger partial charge on any atom is -0.483 e. The molecule has 0 bridgehead atoms. The highest BCUT2D eigenvalue weighted by atomic mass is 16.5. The monoisotopic (exact) mass is 227 g/mol. The predicted octanol–water partition coefficient (Wildman–Crippen LogP) is 4.17. The largest absolute Gasteiger partial charge is 0.483 e. The van der Waals surface area contributed by atoms with Crippen LogP contribution in [0.25, 0.3) is 0 Å². The van der Waals surface area contributed by atoms with Crippen molar-refractivity contribution in [3.8, 4) is 0 Å². The first-order valence-corrected chi connectivity index (χ1v) is 6.80. The third-order valence-electron chi connectivity index (χ3n) is 3.03. The van der Waals surface area contributed by atoms with Gasteiger partial charge in [-0.3, -0.25) is 4.90 Å². The lowest BCUT2D eigenvalue weighted by atomic mass is 10.1. The molecule has 0 heterocycles. The van der Waals surface area contributed by atoms with E-state index in [9.17, 15) is 0 Å². The number of ether oxygens (including phenoxy) is 1. The van der Waals surface area contributed by atoms with Crippen LogP contribution in [0, 0.1) is 0 Å². The van der Waals surface area contributed by atoms with Gasteiger partial charge in [0.2, 0.25) is 0 Å². The van der Waals surface area contributed by atoms with Crippen LogP contribution in [0.5, 0.6) is 0 Å². The molecule has 0 spiro atoms. The highest BCUT2D eigenvalue weighted by Gasteiger charge is 2.14. The summed E-state index contributed by atoms with van der Waals surface area (Å²) in [6.07, 6.45) is 9.54. The molecular weight excluding hydrogens is 198 g/mol. The zero-order valence-electron chi connectivity index (χ0n) is 11.4. The molecule has 1 unspecified atom stereocenters. The molecule has 0 amide bonds. The molecule has 0 aliphatic heterocycles. The summed E-state index contributed by atoms with van der Waals surface area (Å²) in [6, 6.07) is 0. The van der Waals surface area contributed by atoms with Gasteiger partial charge in [0.15, 0.2) is 6.23 Å². The van der Waals surface area contributed by atoms with Crippen LogP contribution < -0.4 is 0 Å². The summed E-state index contributed by atoms with van der Waals surface area (Å²) in [5, 5.41) is 0. The third-order valence-corrected chi connectivity index (χ3v) is 3.03. The van der Waals surface area contributed by atoms with Gasteiger partial charge in [0.25, 0.3) is 0 Å². The van der Waals surface area contributed by atoms with Crippen LogP contribution in [0.4, 0.5) is 0 Å². The van der Waals surface area contributed by atoms with Gasteiger partial charge in [0.05, 0.1) is 6.26 Å². The Balaban J connectivity index is 3.79. The fourth-order valence-electron chi connectivity index (χ4n) is 2.00. The molecule has 0 radical (unpaired) electrons. The molecule has 0 aliphatic rings. The lowest BCUT2D eigenvalue weighted by Crippen LogP contribution is -2.36. The van der Waals surface area contributed by atoms with Crippen LogP contribution in [0.1, 0.15) is 59.3 Å². The fourth-order valence-corrected chi connectivity index (χ4v) is 2.00. The Bertz CT molecular complexity index is 155. The third kappa shape index (κ3) is 6.89. The molecule has 0 aromatic carbocycles. The van der Waals surface area contributed by atoms with Crippen molar-refractivity contribution in [1.29, 1.82) is 0 Å². The molecule has 0 aromatic rings. The number of hydrogen-bond acceptors (Lipinski definition) is 2. The Morgan fingerprint density at radius 1 is 1.06 bits per heavy atom. The first-order chi connectivity index (χ1) is 7.79. The van der Waals surface area contributed by atoms with Crippen molar-refractivity contribution in [2.75, 3.05) is 13.1 Å². The van der Waals surface area contributed by atoms with Crippen molar-refractivity contribution in [3.63, 3.8) is 0 Å². The Labute approximate surface area is 102 Å². The number of unbranched alkanes of at least 4 members (excludes halogenated alkanes) is 4. The van der Waals surface area contributed by atoms with Gasteiger partial charge in [-0.15, -0.1) is 0 Å². The number of hydrogen-bond donors (Lipinski definition) is 0. The van der Waals surface area contributed by atoms with E-state index in [4.69, 9.17) is 4.74 Å². The van der Waals surface area contributed by atoms with Crippen molar-refractivity contribution in [2.24, 2.45) is 0 Å². The van der Waals surface area contributed by atoms with E-state index in [1.807, 2.05) is 0 Å². The van der Waals surface area contributed by atoms with Crippen molar-refractivity contribution in [1.82, 2.24) is 4.90 Å². The number of rotatable bonds is 11. The van der Waals surface area contributed by atoms with E-state index < -0.39 is 0 Å². The minimum absolute atomic E-state index is 0.231. The summed E-state index contributed by atoms with van der Waals surface area (Å²) in [4.78, 5) is 2.35. The van der Waals surface area contributed by atoms with Gasteiger partial charge in [0.1, 0.15) is 0 Å². The second-order valence-electron chi connectivity index (χ2n) is 4.18. The Hall–Kier alpha value is -0.500. The molecule has 1 atom stereocenters. The van der Waals surface area contributed by atoms with E-state index in [-0.39, 0.29) is 6.23 Å². The molecule has 16 heavy (non-hydrogen) atoms. The Kier molecular flexibility index (Phi) is 10.7. The van der Waals surface area contributed by atoms with E-state index in [2.05, 4.69) is 32.3 Å². The zero-order valence-corrected chi connectivity index (χ0v) is 11.4. The van der Waals surface area contributed by atoms with Crippen LogP contribution in [0.2, 0.25) is 0 Å². The summed E-state index contributed by atoms with van der Waals surface area (Å²) in [6.45, 7) is 12.4. The lowest BCUT2D eigenvalue weighted by Gasteiger charge is -2.28. The molecule has 96 valence electrons. The van der Waals surface area contributed by atoms with E-state index >= 15 is 0 Å². The summed E-state index contributed by atoms with van der Waals surface area (Å²) in [7, 11) is 0. The van der Waals surface area contributed by atoms with Crippen LogP contribution >= 0.6 is 0 Å². The molecule has 0 saturated carbocycles. The quantitative estimate of drug-likeness (QED) is 0.298. The molecule has 0 aliphatic carbocycles. The van der Waals surface area contributed by atoms with E-state index in [0.717, 1.165) is 19.5 Å². The molecule has 0 saturated heterocycles. The van der Waals surface area contributed by atoms with Gasteiger partial charge in [-0.1, -0.05) is 53.0 Å². The second-order valence-corrected chi connectivity index (χ2v) is 4.18. The van der Waals surface area contributed by atoms with E-state index in [0.29, 0.717) is 0 Å². The standard InChI is InChI=1S/C14H29NO/c1-5-9-10-11-12-13-14(16-8-4)15(6-2)7-3/h8,14H,4-7,9-13H2,1-3H3. The molecular formula is C14H29NO. The molecule has 0 rings (SSSR count). The van der Waals surface area contributed by atoms with Crippen molar-refractivity contribution >= 4 is 0 Å². The predicted molar refractivity (Wildman–Crippen MR) is 71.4 cm³/mol.